The van der Waals surface area contributed by atoms with Crippen LogP contribution in [0.1, 0.15) is 44.0 Å². The summed E-state index contributed by atoms with van der Waals surface area (Å²) in [6, 6.07) is 2.93. The monoisotopic (exact) mass is 380 g/mol. The summed E-state index contributed by atoms with van der Waals surface area (Å²) in [5.41, 5.74) is 6.59. The lowest BCUT2D eigenvalue weighted by Crippen LogP contribution is -2.46. The molecule has 2 rings (SSSR count). The molecule has 0 saturated carbocycles. The molecule has 1 aliphatic heterocycles. The number of nitrogen functional groups attached to an aromatic ring is 1. The Morgan fingerprint density at radius 2 is 2.04 bits per heavy atom. The summed E-state index contributed by atoms with van der Waals surface area (Å²) in [5.74, 6) is 0.0405. The molecule has 0 bridgehead atoms. The van der Waals surface area contributed by atoms with Gasteiger partial charge in [-0.05, 0) is 37.0 Å². The van der Waals surface area contributed by atoms with Gasteiger partial charge in [0.05, 0.1) is 25.3 Å². The SMILES string of the molecule is COc1cc(C(=O)N2CCC[C@H]2CO[Si](C)(C)C(C)(C)C)c(N)cc1O. The smallest absolute Gasteiger partial charge is 0.256 e. The molecule has 7 heteroatoms. The Hall–Kier alpha value is -1.73. The van der Waals surface area contributed by atoms with Crippen LogP contribution in [0, 0.1) is 0 Å². The average molecular weight is 381 g/mol. The van der Waals surface area contributed by atoms with E-state index in [2.05, 4.69) is 33.9 Å². The fraction of sp³-hybridized carbons (Fsp3) is 0.632. The molecule has 0 unspecified atom stereocenters. The highest BCUT2D eigenvalue weighted by Gasteiger charge is 2.39. The molecule has 3 N–H and O–H groups in total. The second kappa shape index (κ2) is 7.48. The first-order valence-electron chi connectivity index (χ1n) is 9.09. The third-order valence-electron chi connectivity index (χ3n) is 5.66. The second-order valence-corrected chi connectivity index (χ2v) is 13.3. The number of rotatable bonds is 5. The number of phenolic OH excluding ortho intramolecular Hbond substituents is 1. The zero-order valence-electron chi connectivity index (χ0n) is 16.8. The number of nitrogens with two attached hydrogens (primary N) is 1. The Bertz CT molecular complexity index is 670. The minimum Gasteiger partial charge on any atom is -0.504 e. The molecule has 1 saturated heterocycles. The van der Waals surface area contributed by atoms with Crippen molar-refractivity contribution < 1.29 is 19.1 Å². The number of methoxy groups -OCH3 is 1. The maximum atomic E-state index is 13.0. The largest absolute Gasteiger partial charge is 0.504 e. The van der Waals surface area contributed by atoms with Crippen LogP contribution in [0.3, 0.4) is 0 Å². The van der Waals surface area contributed by atoms with Crippen LogP contribution < -0.4 is 10.5 Å². The summed E-state index contributed by atoms with van der Waals surface area (Å²) in [7, 11) is -0.415. The highest BCUT2D eigenvalue weighted by atomic mass is 28.4. The van der Waals surface area contributed by atoms with Gasteiger partial charge in [-0.2, -0.15) is 0 Å². The van der Waals surface area contributed by atoms with Crippen molar-refractivity contribution in [2.24, 2.45) is 0 Å². The molecule has 0 spiro atoms. The Morgan fingerprint density at radius 1 is 1.38 bits per heavy atom. The first kappa shape index (κ1) is 20.6. The molecule has 6 nitrogen and oxygen atoms in total. The maximum Gasteiger partial charge on any atom is 0.256 e. The van der Waals surface area contributed by atoms with Crippen molar-refractivity contribution in [2.75, 3.05) is 26.0 Å². The number of phenols is 1. The normalized spacial score (nSPS) is 18.2. The molecule has 1 aromatic carbocycles. The van der Waals surface area contributed by atoms with E-state index in [1.165, 1.54) is 19.2 Å². The van der Waals surface area contributed by atoms with Gasteiger partial charge in [-0.25, -0.2) is 0 Å². The molecule has 1 aliphatic rings. The number of anilines is 1. The third-order valence-corrected chi connectivity index (χ3v) is 10.2. The predicted molar refractivity (Wildman–Crippen MR) is 106 cm³/mol. The summed E-state index contributed by atoms with van der Waals surface area (Å²) < 4.78 is 11.5. The summed E-state index contributed by atoms with van der Waals surface area (Å²) in [6.07, 6.45) is 1.88. The van der Waals surface area contributed by atoms with E-state index >= 15 is 0 Å². The fourth-order valence-electron chi connectivity index (χ4n) is 2.89. The van der Waals surface area contributed by atoms with Gasteiger partial charge in [-0.1, -0.05) is 20.8 Å². The first-order chi connectivity index (χ1) is 12.0. The number of amides is 1. The van der Waals surface area contributed by atoms with Gasteiger partial charge in [0.2, 0.25) is 0 Å². The molecule has 1 heterocycles. The van der Waals surface area contributed by atoms with Crippen LogP contribution in [-0.2, 0) is 4.43 Å². The second-order valence-electron chi connectivity index (χ2n) is 8.48. The standard InChI is InChI=1S/C19H32N2O4Si/c1-19(2,3)26(5,6)25-12-13-8-7-9-21(13)18(23)14-10-17(24-4)16(22)11-15(14)20/h10-11,13,22H,7-9,12,20H2,1-6H3/t13-/m0/s1. The van der Waals surface area contributed by atoms with Crippen LogP contribution in [0.5, 0.6) is 11.5 Å². The molecular formula is C19H32N2O4Si. The van der Waals surface area contributed by atoms with Gasteiger partial charge in [0.1, 0.15) is 0 Å². The molecule has 0 aliphatic carbocycles. The van der Waals surface area contributed by atoms with E-state index in [-0.39, 0.29) is 34.2 Å². The zero-order valence-corrected chi connectivity index (χ0v) is 17.8. The molecule has 0 aromatic heterocycles. The lowest BCUT2D eigenvalue weighted by Gasteiger charge is -2.38. The minimum atomic E-state index is -1.86. The van der Waals surface area contributed by atoms with E-state index in [0.29, 0.717) is 18.7 Å². The molecule has 146 valence electrons. The van der Waals surface area contributed by atoms with Gasteiger partial charge in [0, 0.05) is 18.3 Å². The third kappa shape index (κ3) is 4.15. The number of carbonyl (C=O) groups excluding carboxylic acids is 1. The lowest BCUT2D eigenvalue weighted by molar-refractivity contribution is 0.0684. The predicted octanol–water partition coefficient (Wildman–Crippen LogP) is 3.61. The van der Waals surface area contributed by atoms with E-state index in [1.807, 2.05) is 4.90 Å². The lowest BCUT2D eigenvalue weighted by atomic mass is 10.1. The van der Waals surface area contributed by atoms with Crippen molar-refractivity contribution in [1.29, 1.82) is 0 Å². The number of nitrogens with zero attached hydrogens (tertiary/aromatic N) is 1. The molecule has 1 fully saturated rings. The topological polar surface area (TPSA) is 85.0 Å². The van der Waals surface area contributed by atoms with Crippen LogP contribution in [0.25, 0.3) is 0 Å². The number of likely N-dealkylation sites (tertiary alicyclic amines) is 1. The van der Waals surface area contributed by atoms with Gasteiger partial charge >= 0.3 is 0 Å². The van der Waals surface area contributed by atoms with Gasteiger partial charge in [0.25, 0.3) is 5.91 Å². The summed E-state index contributed by atoms with van der Waals surface area (Å²) in [6.45, 7) is 12.3. The highest BCUT2D eigenvalue weighted by molar-refractivity contribution is 6.74. The number of ether oxygens (including phenoxy) is 1. The maximum absolute atomic E-state index is 13.0. The average Bonchev–Trinajstić information content (AvgIpc) is 3.00. The van der Waals surface area contributed by atoms with Crippen LogP contribution in [0.4, 0.5) is 5.69 Å². The van der Waals surface area contributed by atoms with Crippen molar-refractivity contribution in [1.82, 2.24) is 4.90 Å². The highest BCUT2D eigenvalue weighted by Crippen LogP contribution is 2.37. The van der Waals surface area contributed by atoms with Gasteiger partial charge in [-0.3, -0.25) is 4.79 Å². The molecule has 0 radical (unpaired) electrons. The van der Waals surface area contributed by atoms with Gasteiger partial charge in [-0.15, -0.1) is 0 Å². The first-order valence-corrected chi connectivity index (χ1v) is 12.0. The van der Waals surface area contributed by atoms with Crippen LogP contribution in [-0.4, -0.2) is 50.5 Å². The number of hydrogen-bond donors (Lipinski definition) is 2. The Balaban J connectivity index is 2.16. The van der Waals surface area contributed by atoms with E-state index < -0.39 is 8.32 Å². The fourth-order valence-corrected chi connectivity index (χ4v) is 3.93. The van der Waals surface area contributed by atoms with E-state index in [9.17, 15) is 9.90 Å². The van der Waals surface area contributed by atoms with Crippen molar-refractivity contribution in [3.05, 3.63) is 17.7 Å². The zero-order chi connectivity index (χ0) is 19.7. The summed E-state index contributed by atoms with van der Waals surface area (Å²) in [5, 5.41) is 9.95. The van der Waals surface area contributed by atoms with Gasteiger partial charge in [0.15, 0.2) is 19.8 Å². The van der Waals surface area contributed by atoms with Gasteiger partial charge < -0.3 is 24.9 Å². The van der Waals surface area contributed by atoms with Crippen LogP contribution >= 0.6 is 0 Å². The quantitative estimate of drug-likeness (QED) is 0.602. The van der Waals surface area contributed by atoms with E-state index in [1.54, 1.807) is 0 Å². The number of hydrogen-bond acceptors (Lipinski definition) is 5. The van der Waals surface area contributed by atoms with Crippen LogP contribution in [0.15, 0.2) is 12.1 Å². The molecular weight excluding hydrogens is 348 g/mol. The van der Waals surface area contributed by atoms with E-state index in [4.69, 9.17) is 14.9 Å². The summed E-state index contributed by atoms with van der Waals surface area (Å²) in [4.78, 5) is 14.9. The van der Waals surface area contributed by atoms with E-state index in [0.717, 1.165) is 12.8 Å². The minimum absolute atomic E-state index is 0.0517. The molecule has 1 amide bonds. The summed E-state index contributed by atoms with van der Waals surface area (Å²) >= 11 is 0. The Kier molecular flexibility index (Phi) is 5.92. The number of carbonyl (C=O) groups is 1. The van der Waals surface area contributed by atoms with Crippen molar-refractivity contribution in [3.63, 3.8) is 0 Å². The van der Waals surface area contributed by atoms with Crippen molar-refractivity contribution >= 4 is 19.9 Å². The number of aromatic hydroxyl groups is 1. The number of benzene rings is 1. The van der Waals surface area contributed by atoms with Crippen molar-refractivity contribution in [3.8, 4) is 11.5 Å². The molecule has 1 aromatic rings. The molecule has 26 heavy (non-hydrogen) atoms. The Morgan fingerprint density at radius 3 is 2.62 bits per heavy atom. The Labute approximate surface area is 157 Å². The van der Waals surface area contributed by atoms with Crippen molar-refractivity contribution in [2.45, 2.75) is 57.8 Å². The molecule has 1 atom stereocenters. The van der Waals surface area contributed by atoms with Crippen LogP contribution in [0.2, 0.25) is 18.1 Å².